The fraction of sp³-hybridized carbons (Fsp3) is 0.667. The number of benzene rings is 1. The SMILES string of the molecule is COc1ccc(C(C)(C)NC(=O)[C@H]2CC[C@H]3[C@@H]4CCC5=CC(=O)CC[C@]5(C)[C@H]4CC[C@]23C)cc1. The summed E-state index contributed by atoms with van der Waals surface area (Å²) in [6.45, 7) is 9.03. The lowest BCUT2D eigenvalue weighted by atomic mass is 9.47. The van der Waals surface area contributed by atoms with Crippen LogP contribution in [0.15, 0.2) is 35.9 Å². The van der Waals surface area contributed by atoms with E-state index in [1.807, 2.05) is 30.3 Å². The van der Waals surface area contributed by atoms with Crippen LogP contribution in [-0.4, -0.2) is 18.8 Å². The first-order valence-corrected chi connectivity index (χ1v) is 13.3. The molecule has 0 saturated heterocycles. The zero-order valence-electron chi connectivity index (χ0n) is 21.6. The first kappa shape index (κ1) is 23.6. The number of hydrogen-bond donors (Lipinski definition) is 1. The Hall–Kier alpha value is -2.10. The van der Waals surface area contributed by atoms with E-state index in [4.69, 9.17) is 4.74 Å². The summed E-state index contributed by atoms with van der Waals surface area (Å²) in [6.07, 6.45) is 10.4. The van der Waals surface area contributed by atoms with Crippen LogP contribution in [0.25, 0.3) is 0 Å². The summed E-state index contributed by atoms with van der Waals surface area (Å²) in [5.74, 6) is 3.41. The van der Waals surface area contributed by atoms with Crippen LogP contribution in [0.4, 0.5) is 0 Å². The van der Waals surface area contributed by atoms with Gasteiger partial charge in [-0.2, -0.15) is 0 Å². The summed E-state index contributed by atoms with van der Waals surface area (Å²) in [6, 6.07) is 8.02. The van der Waals surface area contributed by atoms with E-state index in [9.17, 15) is 9.59 Å². The number of rotatable bonds is 4. The predicted octanol–water partition coefficient (Wildman–Crippen LogP) is 6.19. The van der Waals surface area contributed by atoms with Crippen molar-refractivity contribution in [3.63, 3.8) is 0 Å². The minimum absolute atomic E-state index is 0.0727. The van der Waals surface area contributed by atoms with E-state index in [1.54, 1.807) is 7.11 Å². The molecule has 1 amide bonds. The number of carbonyl (C=O) groups excluding carboxylic acids is 2. The van der Waals surface area contributed by atoms with E-state index >= 15 is 0 Å². The fourth-order valence-electron chi connectivity index (χ4n) is 8.47. The van der Waals surface area contributed by atoms with Gasteiger partial charge >= 0.3 is 0 Å². The standard InChI is InChI=1S/C30H41NO3/c1-28(2,19-6-9-22(34-5)10-7-19)31-27(33)26-13-12-24-23-11-8-20-18-21(32)14-16-29(20,3)25(23)15-17-30(24,26)4/h6-7,9-10,18,23-26H,8,11-17H2,1-5H3,(H,31,33)/t23-,24-,25-,26+,29-,30-/m0/s1. The molecule has 3 saturated carbocycles. The molecule has 3 fully saturated rings. The molecule has 4 aliphatic rings. The topological polar surface area (TPSA) is 55.4 Å². The quantitative estimate of drug-likeness (QED) is 0.579. The number of fused-ring (bicyclic) bond motifs is 5. The average molecular weight is 464 g/mol. The maximum atomic E-state index is 13.7. The average Bonchev–Trinajstić information content (AvgIpc) is 3.16. The van der Waals surface area contributed by atoms with Crippen LogP contribution in [0.5, 0.6) is 5.75 Å². The van der Waals surface area contributed by atoms with Crippen molar-refractivity contribution in [2.45, 2.75) is 84.6 Å². The Morgan fingerprint density at radius 2 is 1.74 bits per heavy atom. The molecule has 0 radical (unpaired) electrons. The number of methoxy groups -OCH3 is 1. The van der Waals surface area contributed by atoms with Crippen LogP contribution in [0, 0.1) is 34.5 Å². The smallest absolute Gasteiger partial charge is 0.224 e. The van der Waals surface area contributed by atoms with Crippen molar-refractivity contribution in [1.82, 2.24) is 5.32 Å². The molecule has 34 heavy (non-hydrogen) atoms. The molecular weight excluding hydrogens is 422 g/mol. The maximum Gasteiger partial charge on any atom is 0.224 e. The lowest BCUT2D eigenvalue weighted by Gasteiger charge is -2.58. The number of nitrogens with one attached hydrogen (secondary N) is 1. The molecule has 184 valence electrons. The number of ether oxygens (including phenoxy) is 1. The fourth-order valence-corrected chi connectivity index (χ4v) is 8.47. The van der Waals surface area contributed by atoms with Gasteiger partial charge in [0.15, 0.2) is 5.78 Å². The van der Waals surface area contributed by atoms with Crippen molar-refractivity contribution in [2.24, 2.45) is 34.5 Å². The van der Waals surface area contributed by atoms with Crippen LogP contribution in [0.3, 0.4) is 0 Å². The monoisotopic (exact) mass is 463 g/mol. The number of allylic oxidation sites excluding steroid dienone is 1. The van der Waals surface area contributed by atoms with Gasteiger partial charge in [0, 0.05) is 12.3 Å². The van der Waals surface area contributed by atoms with Crippen LogP contribution in [0.1, 0.15) is 84.6 Å². The Balaban J connectivity index is 1.33. The number of amides is 1. The van der Waals surface area contributed by atoms with E-state index in [-0.39, 0.29) is 22.7 Å². The summed E-state index contributed by atoms with van der Waals surface area (Å²) >= 11 is 0. The van der Waals surface area contributed by atoms with E-state index in [1.165, 1.54) is 18.4 Å². The molecule has 4 nitrogen and oxygen atoms in total. The maximum absolute atomic E-state index is 13.7. The Labute approximate surface area is 204 Å². The van der Waals surface area contributed by atoms with E-state index in [0.717, 1.165) is 43.4 Å². The predicted molar refractivity (Wildman–Crippen MR) is 134 cm³/mol. The minimum atomic E-state index is -0.429. The van der Waals surface area contributed by atoms with E-state index < -0.39 is 5.54 Å². The van der Waals surface area contributed by atoms with Crippen molar-refractivity contribution < 1.29 is 14.3 Å². The molecule has 1 N–H and O–H groups in total. The zero-order chi connectivity index (χ0) is 24.3. The minimum Gasteiger partial charge on any atom is -0.497 e. The Morgan fingerprint density at radius 1 is 1.00 bits per heavy atom. The number of ketones is 1. The molecule has 0 aliphatic heterocycles. The van der Waals surface area contributed by atoms with Crippen molar-refractivity contribution in [2.75, 3.05) is 7.11 Å². The van der Waals surface area contributed by atoms with E-state index in [2.05, 4.69) is 33.0 Å². The molecule has 1 aromatic rings. The summed E-state index contributed by atoms with van der Waals surface area (Å²) < 4.78 is 5.30. The van der Waals surface area contributed by atoms with Gasteiger partial charge in [0.1, 0.15) is 5.75 Å². The molecule has 0 heterocycles. The zero-order valence-corrected chi connectivity index (χ0v) is 21.6. The molecule has 0 spiro atoms. The third-order valence-corrected chi connectivity index (χ3v) is 10.5. The van der Waals surface area contributed by atoms with Gasteiger partial charge in [-0.3, -0.25) is 9.59 Å². The highest BCUT2D eigenvalue weighted by Crippen LogP contribution is 2.66. The second-order valence-electron chi connectivity index (χ2n) is 12.5. The Kier molecular flexibility index (Phi) is 5.73. The largest absolute Gasteiger partial charge is 0.497 e. The summed E-state index contributed by atoms with van der Waals surface area (Å²) in [7, 11) is 1.67. The lowest BCUT2D eigenvalue weighted by Crippen LogP contribution is -2.53. The Bertz CT molecular complexity index is 1010. The first-order chi connectivity index (χ1) is 16.1. The van der Waals surface area contributed by atoms with E-state index in [0.29, 0.717) is 30.0 Å². The summed E-state index contributed by atoms with van der Waals surface area (Å²) in [5, 5.41) is 3.41. The highest BCUT2D eigenvalue weighted by Gasteiger charge is 2.60. The molecule has 6 atom stereocenters. The molecule has 5 rings (SSSR count). The highest BCUT2D eigenvalue weighted by atomic mass is 16.5. The number of hydrogen-bond acceptors (Lipinski definition) is 3. The van der Waals surface area contributed by atoms with Crippen molar-refractivity contribution >= 4 is 11.7 Å². The van der Waals surface area contributed by atoms with Crippen LogP contribution >= 0.6 is 0 Å². The van der Waals surface area contributed by atoms with Gasteiger partial charge in [-0.15, -0.1) is 0 Å². The second-order valence-corrected chi connectivity index (χ2v) is 12.5. The summed E-state index contributed by atoms with van der Waals surface area (Å²) in [4.78, 5) is 25.8. The third-order valence-electron chi connectivity index (χ3n) is 10.5. The van der Waals surface area contributed by atoms with Crippen LogP contribution < -0.4 is 10.1 Å². The molecule has 0 aromatic heterocycles. The highest BCUT2D eigenvalue weighted by molar-refractivity contribution is 5.91. The van der Waals surface area contributed by atoms with Gasteiger partial charge in [0.2, 0.25) is 5.91 Å². The van der Waals surface area contributed by atoms with Crippen molar-refractivity contribution in [3.05, 3.63) is 41.5 Å². The van der Waals surface area contributed by atoms with Gasteiger partial charge in [0.25, 0.3) is 0 Å². The molecule has 4 heteroatoms. The molecule has 4 aliphatic carbocycles. The summed E-state index contributed by atoms with van der Waals surface area (Å²) in [5.41, 5.74) is 2.35. The Morgan fingerprint density at radius 3 is 2.44 bits per heavy atom. The van der Waals surface area contributed by atoms with Gasteiger partial charge in [-0.1, -0.05) is 31.6 Å². The molecular formula is C30H41NO3. The van der Waals surface area contributed by atoms with Gasteiger partial charge in [-0.25, -0.2) is 0 Å². The first-order valence-electron chi connectivity index (χ1n) is 13.3. The third kappa shape index (κ3) is 3.63. The molecule has 0 unspecified atom stereocenters. The van der Waals surface area contributed by atoms with Gasteiger partial charge in [-0.05, 0) is 111 Å². The molecule has 1 aromatic carbocycles. The van der Waals surface area contributed by atoms with Crippen molar-refractivity contribution in [3.8, 4) is 5.75 Å². The van der Waals surface area contributed by atoms with Crippen LogP contribution in [0.2, 0.25) is 0 Å². The van der Waals surface area contributed by atoms with Gasteiger partial charge in [0.05, 0.1) is 12.6 Å². The molecule has 0 bridgehead atoms. The van der Waals surface area contributed by atoms with Crippen LogP contribution in [-0.2, 0) is 15.1 Å². The normalized spacial score (nSPS) is 37.2. The second kappa shape index (κ2) is 8.24. The number of carbonyl (C=O) groups is 2. The lowest BCUT2D eigenvalue weighted by molar-refractivity contribution is -0.134. The van der Waals surface area contributed by atoms with Gasteiger partial charge < -0.3 is 10.1 Å². The van der Waals surface area contributed by atoms with Crippen molar-refractivity contribution in [1.29, 1.82) is 0 Å².